The zero-order chi connectivity index (χ0) is 19.9. The van der Waals surface area contributed by atoms with Gasteiger partial charge >= 0.3 is 0 Å². The SMILES string of the molecule is CCn1cc(CC(=O)NCC2(O)CCN(C(=O)C(COC)OC)CC2)nn1. The fraction of sp³-hybridized carbons (Fsp3) is 0.765. The Balaban J connectivity index is 1.78. The van der Waals surface area contributed by atoms with Crippen molar-refractivity contribution in [2.75, 3.05) is 40.5 Å². The fourth-order valence-electron chi connectivity index (χ4n) is 2.98. The van der Waals surface area contributed by atoms with E-state index < -0.39 is 11.7 Å². The van der Waals surface area contributed by atoms with Gasteiger partial charge in [-0.3, -0.25) is 14.3 Å². The Bertz CT molecular complexity index is 627. The number of piperidine rings is 1. The maximum absolute atomic E-state index is 12.4. The van der Waals surface area contributed by atoms with Crippen molar-refractivity contribution in [3.63, 3.8) is 0 Å². The number of methoxy groups -OCH3 is 2. The van der Waals surface area contributed by atoms with Crippen LogP contribution >= 0.6 is 0 Å². The summed E-state index contributed by atoms with van der Waals surface area (Å²) < 4.78 is 11.8. The standard InChI is InChI=1S/C17H29N5O5/c1-4-22-10-13(19-20-22)9-15(23)18-12-17(25)5-7-21(8-6-17)16(24)14(27-3)11-26-2/h10,14,25H,4-9,11-12H2,1-3H3,(H,18,23). The summed E-state index contributed by atoms with van der Waals surface area (Å²) in [5.74, 6) is -0.367. The number of aliphatic hydroxyl groups is 1. The summed E-state index contributed by atoms with van der Waals surface area (Å²) >= 11 is 0. The molecule has 152 valence electrons. The van der Waals surface area contributed by atoms with Gasteiger partial charge in [-0.1, -0.05) is 5.21 Å². The summed E-state index contributed by atoms with van der Waals surface area (Å²) in [6, 6.07) is 0. The number of carbonyl (C=O) groups is 2. The van der Waals surface area contributed by atoms with Gasteiger partial charge in [0.2, 0.25) is 5.91 Å². The van der Waals surface area contributed by atoms with Crippen LogP contribution in [-0.2, 0) is 32.0 Å². The molecule has 0 bridgehead atoms. The van der Waals surface area contributed by atoms with Gasteiger partial charge in [-0.25, -0.2) is 0 Å². The first-order valence-corrected chi connectivity index (χ1v) is 9.09. The van der Waals surface area contributed by atoms with E-state index >= 15 is 0 Å². The van der Waals surface area contributed by atoms with E-state index in [1.165, 1.54) is 14.2 Å². The number of rotatable bonds is 9. The van der Waals surface area contributed by atoms with Crippen LogP contribution in [-0.4, -0.2) is 89.0 Å². The van der Waals surface area contributed by atoms with E-state index in [9.17, 15) is 14.7 Å². The maximum atomic E-state index is 12.4. The quantitative estimate of drug-likeness (QED) is 0.560. The van der Waals surface area contributed by atoms with Crippen LogP contribution in [0.25, 0.3) is 0 Å². The molecule has 1 atom stereocenters. The minimum Gasteiger partial charge on any atom is -0.388 e. The maximum Gasteiger partial charge on any atom is 0.254 e. The molecule has 0 spiro atoms. The Morgan fingerprint density at radius 3 is 2.63 bits per heavy atom. The number of nitrogens with zero attached hydrogens (tertiary/aromatic N) is 4. The van der Waals surface area contributed by atoms with E-state index in [2.05, 4.69) is 15.6 Å². The number of hydrogen-bond acceptors (Lipinski definition) is 7. The average molecular weight is 383 g/mol. The second kappa shape index (κ2) is 9.77. The van der Waals surface area contributed by atoms with Crippen molar-refractivity contribution in [2.45, 2.75) is 44.4 Å². The molecule has 1 saturated heterocycles. The Labute approximate surface area is 158 Å². The van der Waals surface area contributed by atoms with E-state index in [0.717, 1.165) is 0 Å². The number of nitrogens with one attached hydrogen (secondary N) is 1. The summed E-state index contributed by atoms with van der Waals surface area (Å²) in [6.07, 6.45) is 1.97. The summed E-state index contributed by atoms with van der Waals surface area (Å²) in [5.41, 5.74) is -0.442. The summed E-state index contributed by atoms with van der Waals surface area (Å²) in [7, 11) is 2.98. The van der Waals surface area contributed by atoms with Gasteiger partial charge in [-0.05, 0) is 19.8 Å². The Kier molecular flexibility index (Phi) is 7.69. The van der Waals surface area contributed by atoms with Crippen LogP contribution < -0.4 is 5.32 Å². The Hall–Kier alpha value is -2.04. The molecule has 1 aliphatic rings. The van der Waals surface area contributed by atoms with Gasteiger partial charge < -0.3 is 24.8 Å². The van der Waals surface area contributed by atoms with E-state index in [1.807, 2.05) is 6.92 Å². The van der Waals surface area contributed by atoms with Crippen LogP contribution in [0.1, 0.15) is 25.5 Å². The van der Waals surface area contributed by atoms with Crippen molar-refractivity contribution in [3.8, 4) is 0 Å². The van der Waals surface area contributed by atoms with Crippen LogP contribution in [0, 0.1) is 0 Å². The van der Waals surface area contributed by atoms with Crippen molar-refractivity contribution in [1.82, 2.24) is 25.2 Å². The highest BCUT2D eigenvalue weighted by molar-refractivity contribution is 5.81. The molecule has 1 aliphatic heterocycles. The molecule has 0 aliphatic carbocycles. The van der Waals surface area contributed by atoms with Crippen molar-refractivity contribution >= 4 is 11.8 Å². The molecule has 1 fully saturated rings. The van der Waals surface area contributed by atoms with Gasteiger partial charge in [0.15, 0.2) is 6.10 Å². The third-order valence-corrected chi connectivity index (χ3v) is 4.75. The molecule has 10 nitrogen and oxygen atoms in total. The lowest BCUT2D eigenvalue weighted by atomic mass is 9.91. The topological polar surface area (TPSA) is 119 Å². The largest absolute Gasteiger partial charge is 0.388 e. The lowest BCUT2D eigenvalue weighted by Gasteiger charge is -2.39. The number of aromatic nitrogens is 3. The number of hydrogen-bond donors (Lipinski definition) is 2. The number of likely N-dealkylation sites (tertiary alicyclic amines) is 1. The molecular formula is C17H29N5O5. The number of aryl methyl sites for hydroxylation is 1. The summed E-state index contributed by atoms with van der Waals surface area (Å²) in [5, 5.41) is 21.3. The first-order chi connectivity index (χ1) is 12.9. The smallest absolute Gasteiger partial charge is 0.254 e. The molecule has 0 saturated carbocycles. The van der Waals surface area contributed by atoms with Gasteiger partial charge in [0, 0.05) is 46.6 Å². The molecule has 1 aromatic rings. The van der Waals surface area contributed by atoms with E-state index in [1.54, 1.807) is 15.8 Å². The van der Waals surface area contributed by atoms with Crippen LogP contribution in [0.2, 0.25) is 0 Å². The highest BCUT2D eigenvalue weighted by Gasteiger charge is 2.36. The van der Waals surface area contributed by atoms with E-state index in [0.29, 0.717) is 38.2 Å². The number of ether oxygens (including phenoxy) is 2. The third-order valence-electron chi connectivity index (χ3n) is 4.75. The molecule has 0 aromatic carbocycles. The molecule has 1 unspecified atom stereocenters. The number of carbonyl (C=O) groups excluding carboxylic acids is 2. The van der Waals surface area contributed by atoms with Crippen LogP contribution in [0.4, 0.5) is 0 Å². The van der Waals surface area contributed by atoms with Gasteiger partial charge in [0.1, 0.15) is 0 Å². The van der Waals surface area contributed by atoms with Crippen LogP contribution in [0.5, 0.6) is 0 Å². The molecule has 2 heterocycles. The van der Waals surface area contributed by atoms with Crippen molar-refractivity contribution in [2.24, 2.45) is 0 Å². The van der Waals surface area contributed by atoms with Crippen molar-refractivity contribution in [1.29, 1.82) is 0 Å². The predicted octanol–water partition coefficient (Wildman–Crippen LogP) is -1.03. The normalized spacial score (nSPS) is 17.6. The van der Waals surface area contributed by atoms with E-state index in [4.69, 9.17) is 9.47 Å². The van der Waals surface area contributed by atoms with Gasteiger partial charge in [0.25, 0.3) is 5.91 Å². The Morgan fingerprint density at radius 2 is 2.07 bits per heavy atom. The third kappa shape index (κ3) is 5.98. The summed E-state index contributed by atoms with van der Waals surface area (Å²) in [6.45, 7) is 3.77. The zero-order valence-corrected chi connectivity index (χ0v) is 16.2. The lowest BCUT2D eigenvalue weighted by molar-refractivity contribution is -0.149. The number of amides is 2. The zero-order valence-electron chi connectivity index (χ0n) is 16.2. The first-order valence-electron chi connectivity index (χ1n) is 9.09. The predicted molar refractivity (Wildman–Crippen MR) is 95.8 cm³/mol. The average Bonchev–Trinajstić information content (AvgIpc) is 3.12. The monoisotopic (exact) mass is 383 g/mol. The molecule has 27 heavy (non-hydrogen) atoms. The molecular weight excluding hydrogens is 354 g/mol. The van der Waals surface area contributed by atoms with Crippen molar-refractivity contribution < 1.29 is 24.2 Å². The minimum atomic E-state index is -1.03. The Morgan fingerprint density at radius 1 is 1.37 bits per heavy atom. The van der Waals surface area contributed by atoms with E-state index in [-0.39, 0.29) is 31.4 Å². The van der Waals surface area contributed by atoms with Crippen LogP contribution in [0.3, 0.4) is 0 Å². The minimum absolute atomic E-state index is 0.118. The van der Waals surface area contributed by atoms with Crippen LogP contribution in [0.15, 0.2) is 6.20 Å². The molecule has 0 radical (unpaired) electrons. The molecule has 10 heteroatoms. The molecule has 1 aromatic heterocycles. The van der Waals surface area contributed by atoms with Crippen molar-refractivity contribution in [3.05, 3.63) is 11.9 Å². The lowest BCUT2D eigenvalue weighted by Crippen LogP contribution is -2.54. The van der Waals surface area contributed by atoms with Gasteiger partial charge in [-0.2, -0.15) is 0 Å². The van der Waals surface area contributed by atoms with Gasteiger partial charge in [-0.15, -0.1) is 5.10 Å². The first kappa shape index (κ1) is 21.3. The molecule has 2 rings (SSSR count). The van der Waals surface area contributed by atoms with Gasteiger partial charge in [0.05, 0.1) is 24.3 Å². The molecule has 2 N–H and O–H groups in total. The highest BCUT2D eigenvalue weighted by Crippen LogP contribution is 2.22. The second-order valence-electron chi connectivity index (χ2n) is 6.75. The fourth-order valence-corrected chi connectivity index (χ4v) is 2.98. The second-order valence-corrected chi connectivity index (χ2v) is 6.75. The highest BCUT2D eigenvalue weighted by atomic mass is 16.5. The summed E-state index contributed by atoms with van der Waals surface area (Å²) in [4.78, 5) is 26.1. The molecule has 2 amide bonds.